The molecule has 0 atom stereocenters. The molecule has 0 amide bonds. The van der Waals surface area contributed by atoms with Crippen LogP contribution in [-0.4, -0.2) is 12.9 Å². The van der Waals surface area contributed by atoms with E-state index in [1.165, 1.54) is 0 Å². The van der Waals surface area contributed by atoms with Crippen LogP contribution in [0.5, 0.6) is 11.5 Å². The molecule has 28 heavy (non-hydrogen) atoms. The Morgan fingerprint density at radius 3 is 2.39 bits per heavy atom. The summed E-state index contributed by atoms with van der Waals surface area (Å²) in [6.07, 6.45) is 3.32. The van der Waals surface area contributed by atoms with Gasteiger partial charge in [0.05, 0.1) is 11.6 Å². The summed E-state index contributed by atoms with van der Waals surface area (Å²) in [7, 11) is 1.59. The number of carbonyl (C=O) groups excluding carboxylic acids is 1. The van der Waals surface area contributed by atoms with Crippen LogP contribution in [0.4, 0.5) is 0 Å². The minimum Gasteiger partial charge on any atom is -0.493 e. The first kappa shape index (κ1) is 20.4. The lowest BCUT2D eigenvalue weighted by molar-refractivity contribution is 0.104. The van der Waals surface area contributed by atoms with Crippen molar-refractivity contribution in [2.75, 3.05) is 7.11 Å². The van der Waals surface area contributed by atoms with Crippen LogP contribution >= 0.6 is 31.9 Å². The number of ether oxygens (including phenoxy) is 2. The third-order valence-corrected chi connectivity index (χ3v) is 5.15. The van der Waals surface area contributed by atoms with Gasteiger partial charge in [-0.3, -0.25) is 4.79 Å². The Labute approximate surface area is 181 Å². The van der Waals surface area contributed by atoms with Crippen molar-refractivity contribution in [1.82, 2.24) is 0 Å². The maximum atomic E-state index is 12.2. The number of halogens is 2. The van der Waals surface area contributed by atoms with Gasteiger partial charge in [-0.05, 0) is 57.4 Å². The van der Waals surface area contributed by atoms with Crippen LogP contribution < -0.4 is 9.47 Å². The normalized spacial score (nSPS) is 10.8. The molecule has 0 bridgehead atoms. The molecule has 0 heterocycles. The fourth-order valence-electron chi connectivity index (χ4n) is 2.58. The lowest BCUT2D eigenvalue weighted by atomic mass is 10.1. The van der Waals surface area contributed by atoms with Crippen molar-refractivity contribution in [3.8, 4) is 11.5 Å². The first-order chi connectivity index (χ1) is 13.6. The predicted molar refractivity (Wildman–Crippen MR) is 119 cm³/mol. The maximum Gasteiger partial charge on any atom is 0.185 e. The summed E-state index contributed by atoms with van der Waals surface area (Å²) >= 11 is 6.97. The Bertz CT molecular complexity index is 981. The molecular weight excluding hydrogens is 484 g/mol. The fourth-order valence-corrected chi connectivity index (χ4v) is 3.42. The maximum absolute atomic E-state index is 12.2. The van der Waals surface area contributed by atoms with Crippen LogP contribution in [0, 0.1) is 0 Å². The minimum absolute atomic E-state index is 0.0498. The molecule has 0 aliphatic rings. The molecule has 142 valence electrons. The topological polar surface area (TPSA) is 35.5 Å². The van der Waals surface area contributed by atoms with E-state index in [1.54, 1.807) is 31.4 Å². The van der Waals surface area contributed by atoms with E-state index in [9.17, 15) is 4.79 Å². The van der Waals surface area contributed by atoms with Crippen LogP contribution in [0.3, 0.4) is 0 Å². The molecule has 0 N–H and O–H groups in total. The van der Waals surface area contributed by atoms with E-state index in [0.717, 1.165) is 20.1 Å². The second-order valence-corrected chi connectivity index (χ2v) is 7.78. The summed E-state index contributed by atoms with van der Waals surface area (Å²) in [6, 6.07) is 20.8. The SMILES string of the molecule is COc1cc(/C=C/C(=O)c2ccccc2)cc(Br)c1OCc1ccc(Br)cc1. The van der Waals surface area contributed by atoms with Crippen LogP contribution in [0.15, 0.2) is 81.8 Å². The number of methoxy groups -OCH3 is 1. The van der Waals surface area contributed by atoms with E-state index in [0.29, 0.717) is 23.7 Å². The summed E-state index contributed by atoms with van der Waals surface area (Å²) < 4.78 is 13.2. The van der Waals surface area contributed by atoms with Gasteiger partial charge in [-0.2, -0.15) is 0 Å². The molecule has 0 saturated heterocycles. The van der Waals surface area contributed by atoms with Gasteiger partial charge >= 0.3 is 0 Å². The molecule has 0 aliphatic heterocycles. The zero-order chi connectivity index (χ0) is 19.9. The monoisotopic (exact) mass is 500 g/mol. The first-order valence-electron chi connectivity index (χ1n) is 8.59. The second-order valence-electron chi connectivity index (χ2n) is 6.01. The fraction of sp³-hybridized carbons (Fsp3) is 0.0870. The minimum atomic E-state index is -0.0498. The number of carbonyl (C=O) groups is 1. The van der Waals surface area contributed by atoms with E-state index in [1.807, 2.05) is 54.6 Å². The van der Waals surface area contributed by atoms with Crippen molar-refractivity contribution >= 4 is 43.7 Å². The van der Waals surface area contributed by atoms with E-state index in [-0.39, 0.29) is 5.78 Å². The average Bonchev–Trinajstić information content (AvgIpc) is 2.72. The average molecular weight is 502 g/mol. The van der Waals surface area contributed by atoms with E-state index >= 15 is 0 Å². The first-order valence-corrected chi connectivity index (χ1v) is 10.2. The molecule has 3 aromatic rings. The smallest absolute Gasteiger partial charge is 0.185 e. The standard InChI is InChI=1S/C23H18Br2O3/c1-27-22-14-17(9-12-21(26)18-5-3-2-4-6-18)13-20(25)23(22)28-15-16-7-10-19(24)11-8-16/h2-14H,15H2,1H3/b12-9+. The molecule has 0 aromatic heterocycles. The zero-order valence-electron chi connectivity index (χ0n) is 15.2. The summed E-state index contributed by atoms with van der Waals surface area (Å²) in [5.74, 6) is 1.17. The highest BCUT2D eigenvalue weighted by atomic mass is 79.9. The predicted octanol–water partition coefficient (Wildman–Crippen LogP) is 6.70. The van der Waals surface area contributed by atoms with Crippen LogP contribution in [0.25, 0.3) is 6.08 Å². The lowest BCUT2D eigenvalue weighted by Crippen LogP contribution is -1.99. The lowest BCUT2D eigenvalue weighted by Gasteiger charge is -2.13. The van der Waals surface area contributed by atoms with Crippen molar-refractivity contribution < 1.29 is 14.3 Å². The molecule has 0 unspecified atom stereocenters. The summed E-state index contributed by atoms with van der Waals surface area (Å²) in [5, 5.41) is 0. The van der Waals surface area contributed by atoms with Crippen molar-refractivity contribution in [2.24, 2.45) is 0 Å². The van der Waals surface area contributed by atoms with E-state index in [2.05, 4.69) is 31.9 Å². The van der Waals surface area contributed by atoms with Gasteiger partial charge in [0, 0.05) is 10.0 Å². The number of benzene rings is 3. The molecule has 0 radical (unpaired) electrons. The van der Waals surface area contributed by atoms with Gasteiger partial charge in [-0.25, -0.2) is 0 Å². The van der Waals surface area contributed by atoms with Gasteiger partial charge in [0.1, 0.15) is 6.61 Å². The number of allylic oxidation sites excluding steroid dienone is 1. The number of hydrogen-bond donors (Lipinski definition) is 0. The molecular formula is C23H18Br2O3. The summed E-state index contributed by atoms with van der Waals surface area (Å²) in [5.41, 5.74) is 2.54. The van der Waals surface area contributed by atoms with E-state index < -0.39 is 0 Å². The molecule has 0 saturated carbocycles. The highest BCUT2D eigenvalue weighted by molar-refractivity contribution is 9.10. The molecule has 3 rings (SSSR count). The molecule has 3 nitrogen and oxygen atoms in total. The molecule has 0 fully saturated rings. The van der Waals surface area contributed by atoms with Gasteiger partial charge in [-0.1, -0.05) is 64.5 Å². The molecule has 0 spiro atoms. The quantitative estimate of drug-likeness (QED) is 0.267. The van der Waals surface area contributed by atoms with E-state index in [4.69, 9.17) is 9.47 Å². The van der Waals surface area contributed by atoms with Crippen LogP contribution in [0.1, 0.15) is 21.5 Å². The Morgan fingerprint density at radius 1 is 1.00 bits per heavy atom. The number of ketones is 1. The highest BCUT2D eigenvalue weighted by Crippen LogP contribution is 2.37. The van der Waals surface area contributed by atoms with Gasteiger partial charge in [0.25, 0.3) is 0 Å². The highest BCUT2D eigenvalue weighted by Gasteiger charge is 2.11. The molecule has 3 aromatic carbocycles. The Kier molecular flexibility index (Phi) is 7.06. The van der Waals surface area contributed by atoms with Crippen LogP contribution in [0.2, 0.25) is 0 Å². The number of hydrogen-bond acceptors (Lipinski definition) is 3. The number of rotatable bonds is 7. The van der Waals surface area contributed by atoms with Gasteiger partial charge in [0.15, 0.2) is 17.3 Å². The Hall–Kier alpha value is -2.37. The Balaban J connectivity index is 1.76. The van der Waals surface area contributed by atoms with Crippen molar-refractivity contribution in [1.29, 1.82) is 0 Å². The van der Waals surface area contributed by atoms with Crippen molar-refractivity contribution in [3.63, 3.8) is 0 Å². The van der Waals surface area contributed by atoms with Crippen molar-refractivity contribution in [3.05, 3.63) is 98.4 Å². The largest absolute Gasteiger partial charge is 0.493 e. The molecule has 0 aliphatic carbocycles. The Morgan fingerprint density at radius 2 is 1.71 bits per heavy atom. The van der Waals surface area contributed by atoms with Gasteiger partial charge in [-0.15, -0.1) is 0 Å². The summed E-state index contributed by atoms with van der Waals surface area (Å²) in [4.78, 5) is 12.2. The van der Waals surface area contributed by atoms with Gasteiger partial charge < -0.3 is 9.47 Å². The molecule has 5 heteroatoms. The third-order valence-electron chi connectivity index (χ3n) is 4.03. The second kappa shape index (κ2) is 9.71. The zero-order valence-corrected chi connectivity index (χ0v) is 18.4. The third kappa shape index (κ3) is 5.33. The van der Waals surface area contributed by atoms with Crippen molar-refractivity contribution in [2.45, 2.75) is 6.61 Å². The van der Waals surface area contributed by atoms with Gasteiger partial charge in [0.2, 0.25) is 0 Å². The summed E-state index contributed by atoms with van der Waals surface area (Å²) in [6.45, 7) is 0.421. The van der Waals surface area contributed by atoms with Crippen LogP contribution in [-0.2, 0) is 6.61 Å².